The number of piperidine rings is 1. The zero-order valence-corrected chi connectivity index (χ0v) is 13.1. The van der Waals surface area contributed by atoms with Gasteiger partial charge in [0, 0.05) is 29.8 Å². The van der Waals surface area contributed by atoms with Gasteiger partial charge in [0.15, 0.2) is 5.78 Å². The molecule has 1 aliphatic heterocycles. The Morgan fingerprint density at radius 2 is 1.82 bits per heavy atom. The second-order valence-electron chi connectivity index (χ2n) is 6.52. The number of rotatable bonds is 1. The van der Waals surface area contributed by atoms with E-state index in [0.29, 0.717) is 24.1 Å². The molecule has 5 heteroatoms. The molecule has 0 spiro atoms. The molecular formula is C17H22N2O3. The second-order valence-corrected chi connectivity index (χ2v) is 6.52. The summed E-state index contributed by atoms with van der Waals surface area (Å²) in [4.78, 5) is 41.7. The molecule has 118 valence electrons. The summed E-state index contributed by atoms with van der Waals surface area (Å²) >= 11 is 0. The Morgan fingerprint density at radius 1 is 1.14 bits per heavy atom. The van der Waals surface area contributed by atoms with Crippen molar-refractivity contribution < 1.29 is 9.59 Å². The third kappa shape index (κ3) is 2.49. The molecule has 2 aliphatic rings. The van der Waals surface area contributed by atoms with Crippen LogP contribution in [0.5, 0.6) is 0 Å². The first-order chi connectivity index (χ1) is 10.5. The van der Waals surface area contributed by atoms with Crippen LogP contribution in [0.15, 0.2) is 10.9 Å². The van der Waals surface area contributed by atoms with Crippen LogP contribution in [0.2, 0.25) is 0 Å². The van der Waals surface area contributed by atoms with Crippen molar-refractivity contribution in [2.75, 3.05) is 0 Å². The number of likely N-dealkylation sites (tertiary alicyclic amines) is 1. The van der Waals surface area contributed by atoms with Gasteiger partial charge in [0.1, 0.15) is 5.56 Å². The minimum absolute atomic E-state index is 0.0197. The topological polar surface area (TPSA) is 70.2 Å². The van der Waals surface area contributed by atoms with Crippen LogP contribution in [0.4, 0.5) is 0 Å². The van der Waals surface area contributed by atoms with Gasteiger partial charge < -0.3 is 9.88 Å². The van der Waals surface area contributed by atoms with Crippen molar-refractivity contribution in [2.24, 2.45) is 0 Å². The number of Topliss-reactive ketones (excluding diaryl/α,β-unsaturated/α-hetero) is 1. The van der Waals surface area contributed by atoms with E-state index in [1.54, 1.807) is 4.90 Å². The van der Waals surface area contributed by atoms with E-state index in [0.717, 1.165) is 25.7 Å². The summed E-state index contributed by atoms with van der Waals surface area (Å²) in [7, 11) is 0. The van der Waals surface area contributed by atoms with E-state index in [1.807, 2.05) is 13.8 Å². The van der Waals surface area contributed by atoms with E-state index in [-0.39, 0.29) is 34.9 Å². The third-order valence-corrected chi connectivity index (χ3v) is 4.91. The number of hydrogen-bond acceptors (Lipinski definition) is 3. The molecule has 1 aliphatic carbocycles. The summed E-state index contributed by atoms with van der Waals surface area (Å²) < 4.78 is 0. The minimum Gasteiger partial charge on any atom is -0.333 e. The first-order valence-corrected chi connectivity index (χ1v) is 8.11. The highest BCUT2D eigenvalue weighted by atomic mass is 16.2. The Balaban J connectivity index is 2.01. The Kier molecular flexibility index (Phi) is 3.89. The number of aryl methyl sites for hydroxylation is 1. The molecule has 2 atom stereocenters. The van der Waals surface area contributed by atoms with Crippen molar-refractivity contribution in [1.82, 2.24) is 9.88 Å². The van der Waals surface area contributed by atoms with Crippen molar-refractivity contribution >= 4 is 11.7 Å². The number of amides is 1. The average molecular weight is 302 g/mol. The van der Waals surface area contributed by atoms with Gasteiger partial charge in [-0.2, -0.15) is 0 Å². The van der Waals surface area contributed by atoms with Crippen molar-refractivity contribution in [2.45, 2.75) is 64.5 Å². The van der Waals surface area contributed by atoms with E-state index >= 15 is 0 Å². The molecule has 0 saturated carbocycles. The quantitative estimate of drug-likeness (QED) is 0.865. The summed E-state index contributed by atoms with van der Waals surface area (Å²) in [6.45, 7) is 4.04. The van der Waals surface area contributed by atoms with Gasteiger partial charge in [-0.3, -0.25) is 14.4 Å². The van der Waals surface area contributed by atoms with Crippen molar-refractivity contribution in [3.63, 3.8) is 0 Å². The fourth-order valence-electron chi connectivity index (χ4n) is 3.69. The van der Waals surface area contributed by atoms with Crippen molar-refractivity contribution in [3.8, 4) is 0 Å². The lowest BCUT2D eigenvalue weighted by molar-refractivity contribution is 0.0509. The molecule has 22 heavy (non-hydrogen) atoms. The number of H-pyrrole nitrogens is 1. The fourth-order valence-corrected chi connectivity index (χ4v) is 3.69. The van der Waals surface area contributed by atoms with Gasteiger partial charge in [0.25, 0.3) is 11.5 Å². The molecule has 0 unspecified atom stereocenters. The summed E-state index contributed by atoms with van der Waals surface area (Å²) in [5.74, 6) is -0.228. The number of hydrogen-bond donors (Lipinski definition) is 1. The molecule has 5 nitrogen and oxygen atoms in total. The maximum Gasteiger partial charge on any atom is 0.261 e. The summed E-state index contributed by atoms with van der Waals surface area (Å²) in [5.41, 5.74) is 0.932. The van der Waals surface area contributed by atoms with Crippen LogP contribution in [0, 0.1) is 0 Å². The Bertz CT molecular complexity index is 667. The van der Waals surface area contributed by atoms with Gasteiger partial charge in [-0.1, -0.05) is 0 Å². The fraction of sp³-hybridized carbons (Fsp3) is 0.588. The molecule has 3 rings (SSSR count). The SMILES string of the molecule is C[C@@H]1CCC[C@H](C)N1C(=O)c1cc2c([nH]c1=O)CCCC2=O. The van der Waals surface area contributed by atoms with E-state index in [1.165, 1.54) is 6.07 Å². The van der Waals surface area contributed by atoms with Crippen molar-refractivity contribution in [1.29, 1.82) is 0 Å². The molecule has 2 heterocycles. The Hall–Kier alpha value is -1.91. The number of carbonyl (C=O) groups is 2. The molecule has 1 fully saturated rings. The smallest absolute Gasteiger partial charge is 0.261 e. The molecule has 1 aromatic heterocycles. The predicted octanol–water partition coefficient (Wildman–Crippen LogP) is 2.30. The van der Waals surface area contributed by atoms with Crippen LogP contribution in [-0.2, 0) is 6.42 Å². The minimum atomic E-state index is -0.372. The highest BCUT2D eigenvalue weighted by molar-refractivity contribution is 6.01. The van der Waals surface area contributed by atoms with Gasteiger partial charge in [0.05, 0.1) is 0 Å². The van der Waals surface area contributed by atoms with Gasteiger partial charge in [-0.05, 0) is 52.0 Å². The van der Waals surface area contributed by atoms with Crippen LogP contribution in [0.25, 0.3) is 0 Å². The third-order valence-electron chi connectivity index (χ3n) is 4.91. The molecule has 0 radical (unpaired) electrons. The highest BCUT2D eigenvalue weighted by Gasteiger charge is 2.32. The highest BCUT2D eigenvalue weighted by Crippen LogP contribution is 2.25. The average Bonchev–Trinajstić information content (AvgIpc) is 2.46. The summed E-state index contributed by atoms with van der Waals surface area (Å²) in [6.07, 6.45) is 4.96. The summed E-state index contributed by atoms with van der Waals surface area (Å²) in [6, 6.07) is 1.77. The number of nitrogens with zero attached hydrogens (tertiary/aromatic N) is 1. The molecule has 0 bridgehead atoms. The normalized spacial score (nSPS) is 25.0. The van der Waals surface area contributed by atoms with Gasteiger partial charge in [-0.25, -0.2) is 0 Å². The monoisotopic (exact) mass is 302 g/mol. The van der Waals surface area contributed by atoms with E-state index in [4.69, 9.17) is 0 Å². The molecule has 1 aromatic rings. The number of aromatic amines is 1. The van der Waals surface area contributed by atoms with Crippen LogP contribution in [0.3, 0.4) is 0 Å². The standard InChI is InChI=1S/C17H22N2O3/c1-10-5-3-6-11(2)19(10)17(22)13-9-12-14(18-16(13)21)7-4-8-15(12)20/h9-11H,3-8H2,1-2H3,(H,18,21)/t10-,11+. The van der Waals surface area contributed by atoms with Crippen LogP contribution >= 0.6 is 0 Å². The lowest BCUT2D eigenvalue weighted by atomic mass is 9.92. The van der Waals surface area contributed by atoms with E-state index in [2.05, 4.69) is 4.98 Å². The lowest BCUT2D eigenvalue weighted by Gasteiger charge is -2.39. The maximum absolute atomic E-state index is 12.8. The van der Waals surface area contributed by atoms with Crippen LogP contribution in [0.1, 0.15) is 72.4 Å². The first kappa shape index (κ1) is 15.0. The predicted molar refractivity (Wildman–Crippen MR) is 83.3 cm³/mol. The maximum atomic E-state index is 12.8. The van der Waals surface area contributed by atoms with Crippen LogP contribution in [-0.4, -0.2) is 33.7 Å². The molecule has 1 saturated heterocycles. The zero-order chi connectivity index (χ0) is 15.9. The molecular weight excluding hydrogens is 280 g/mol. The number of aromatic nitrogens is 1. The van der Waals surface area contributed by atoms with E-state index in [9.17, 15) is 14.4 Å². The number of ketones is 1. The molecule has 1 amide bonds. The second kappa shape index (κ2) is 5.71. The van der Waals surface area contributed by atoms with Gasteiger partial charge >= 0.3 is 0 Å². The number of pyridine rings is 1. The zero-order valence-electron chi connectivity index (χ0n) is 13.1. The Labute approximate surface area is 129 Å². The molecule has 0 aromatic carbocycles. The largest absolute Gasteiger partial charge is 0.333 e. The first-order valence-electron chi connectivity index (χ1n) is 8.11. The molecule has 1 N–H and O–H groups in total. The van der Waals surface area contributed by atoms with Crippen molar-refractivity contribution in [3.05, 3.63) is 33.2 Å². The number of nitrogens with one attached hydrogen (secondary N) is 1. The Morgan fingerprint density at radius 3 is 2.50 bits per heavy atom. The summed E-state index contributed by atoms with van der Waals surface area (Å²) in [5, 5.41) is 0. The van der Waals surface area contributed by atoms with Gasteiger partial charge in [-0.15, -0.1) is 0 Å². The van der Waals surface area contributed by atoms with E-state index < -0.39 is 0 Å². The lowest BCUT2D eigenvalue weighted by Crippen LogP contribution is -2.49. The van der Waals surface area contributed by atoms with Gasteiger partial charge in [0.2, 0.25) is 0 Å². The number of fused-ring (bicyclic) bond motifs is 1. The van der Waals surface area contributed by atoms with Crippen LogP contribution < -0.4 is 5.56 Å². The number of carbonyl (C=O) groups excluding carboxylic acids is 2.